The van der Waals surface area contributed by atoms with Crippen LogP contribution in [0.1, 0.15) is 0 Å². The van der Waals surface area contributed by atoms with E-state index in [1.807, 2.05) is 30.3 Å². The van der Waals surface area contributed by atoms with Crippen LogP contribution in [0.5, 0.6) is 5.75 Å². The average Bonchev–Trinajstić information content (AvgIpc) is 2.82. The van der Waals surface area contributed by atoms with Crippen molar-refractivity contribution in [3.63, 3.8) is 0 Å². The molecule has 0 radical (unpaired) electrons. The third-order valence-electron chi connectivity index (χ3n) is 2.62. The monoisotopic (exact) mass is 225 g/mol. The highest BCUT2D eigenvalue weighted by molar-refractivity contribution is 5.80. The molecule has 3 rings (SSSR count). The van der Waals surface area contributed by atoms with Crippen LogP contribution in [0.4, 0.5) is 0 Å². The van der Waals surface area contributed by atoms with Crippen LogP contribution >= 0.6 is 0 Å². The van der Waals surface area contributed by atoms with Crippen molar-refractivity contribution in [3.05, 3.63) is 42.7 Å². The number of ether oxygens (including phenoxy) is 1. The lowest BCUT2D eigenvalue weighted by Gasteiger charge is -1.96. The fourth-order valence-electron chi connectivity index (χ4n) is 1.76. The van der Waals surface area contributed by atoms with Crippen LogP contribution in [-0.4, -0.2) is 22.1 Å². The van der Waals surface area contributed by atoms with Crippen molar-refractivity contribution < 1.29 is 4.74 Å². The normalized spacial score (nSPS) is 10.6. The Morgan fingerprint density at radius 1 is 1.24 bits per heavy atom. The van der Waals surface area contributed by atoms with Gasteiger partial charge < -0.3 is 9.72 Å². The highest BCUT2D eigenvalue weighted by Crippen LogP contribution is 2.22. The van der Waals surface area contributed by atoms with E-state index in [-0.39, 0.29) is 0 Å². The summed E-state index contributed by atoms with van der Waals surface area (Å²) in [7, 11) is 1.65. The molecule has 0 saturated carbocycles. The van der Waals surface area contributed by atoms with E-state index in [1.165, 1.54) is 0 Å². The van der Waals surface area contributed by atoms with Crippen molar-refractivity contribution in [1.82, 2.24) is 15.0 Å². The molecule has 2 aromatic heterocycles. The summed E-state index contributed by atoms with van der Waals surface area (Å²) in [6.45, 7) is 0. The fraction of sp³-hybridized carbons (Fsp3) is 0.0769. The first kappa shape index (κ1) is 9.84. The lowest BCUT2D eigenvalue weighted by Crippen LogP contribution is -1.81. The van der Waals surface area contributed by atoms with Gasteiger partial charge in [-0.25, -0.2) is 4.98 Å². The topological polar surface area (TPSA) is 50.8 Å². The number of nitrogens with zero attached hydrogens (tertiary/aromatic N) is 2. The number of hydrogen-bond acceptors (Lipinski definition) is 3. The van der Waals surface area contributed by atoms with Gasteiger partial charge in [-0.15, -0.1) is 0 Å². The summed E-state index contributed by atoms with van der Waals surface area (Å²) in [4.78, 5) is 11.8. The molecule has 4 nitrogen and oxygen atoms in total. The van der Waals surface area contributed by atoms with Gasteiger partial charge in [-0.1, -0.05) is 0 Å². The third kappa shape index (κ3) is 1.73. The summed E-state index contributed by atoms with van der Waals surface area (Å²) >= 11 is 0. The van der Waals surface area contributed by atoms with Crippen LogP contribution in [0.3, 0.4) is 0 Å². The standard InChI is InChI=1S/C13H11N3O/c1-17-10-4-5-11-12(7-10)16-13(15-11)9-3-2-6-14-8-9/h2-8H,1H3,(H,15,16). The van der Waals surface area contributed by atoms with Gasteiger partial charge in [-0.2, -0.15) is 0 Å². The third-order valence-corrected chi connectivity index (χ3v) is 2.62. The summed E-state index contributed by atoms with van der Waals surface area (Å²) in [5.74, 6) is 1.64. The van der Waals surface area contributed by atoms with Crippen LogP contribution in [0, 0.1) is 0 Å². The predicted octanol–water partition coefficient (Wildman–Crippen LogP) is 2.63. The summed E-state index contributed by atoms with van der Waals surface area (Å²) in [5, 5.41) is 0. The zero-order chi connectivity index (χ0) is 11.7. The number of nitrogens with one attached hydrogen (secondary N) is 1. The van der Waals surface area contributed by atoms with E-state index in [1.54, 1.807) is 19.5 Å². The quantitative estimate of drug-likeness (QED) is 0.729. The Balaban J connectivity index is 2.14. The van der Waals surface area contributed by atoms with Crippen molar-refractivity contribution >= 4 is 11.0 Å². The van der Waals surface area contributed by atoms with E-state index in [2.05, 4.69) is 15.0 Å². The SMILES string of the molecule is COc1ccc2nc(-c3cccnc3)[nH]c2c1. The van der Waals surface area contributed by atoms with Crippen molar-refractivity contribution in [2.75, 3.05) is 7.11 Å². The minimum atomic E-state index is 0.818. The van der Waals surface area contributed by atoms with Gasteiger partial charge in [-0.3, -0.25) is 4.98 Å². The summed E-state index contributed by atoms with van der Waals surface area (Å²) in [5.41, 5.74) is 2.86. The number of H-pyrrole nitrogens is 1. The van der Waals surface area contributed by atoms with Gasteiger partial charge >= 0.3 is 0 Å². The number of rotatable bonds is 2. The van der Waals surface area contributed by atoms with Crippen molar-refractivity contribution in [2.45, 2.75) is 0 Å². The second-order valence-corrected chi connectivity index (χ2v) is 3.71. The van der Waals surface area contributed by atoms with Crippen LogP contribution in [0.15, 0.2) is 42.7 Å². The number of pyridine rings is 1. The molecular weight excluding hydrogens is 214 g/mol. The molecule has 0 bridgehead atoms. The molecule has 1 aromatic carbocycles. The number of methoxy groups -OCH3 is 1. The Kier molecular flexibility index (Phi) is 2.26. The minimum absolute atomic E-state index is 0.818. The molecule has 2 heterocycles. The molecule has 0 amide bonds. The van der Waals surface area contributed by atoms with E-state index in [9.17, 15) is 0 Å². The lowest BCUT2D eigenvalue weighted by atomic mass is 10.3. The van der Waals surface area contributed by atoms with E-state index < -0.39 is 0 Å². The Morgan fingerprint density at radius 2 is 2.18 bits per heavy atom. The summed E-state index contributed by atoms with van der Waals surface area (Å²) in [6, 6.07) is 9.63. The first-order valence-electron chi connectivity index (χ1n) is 5.31. The fourth-order valence-corrected chi connectivity index (χ4v) is 1.76. The smallest absolute Gasteiger partial charge is 0.140 e. The van der Waals surface area contributed by atoms with Crippen molar-refractivity contribution in [3.8, 4) is 17.1 Å². The molecule has 0 unspecified atom stereocenters. The van der Waals surface area contributed by atoms with Gasteiger partial charge in [0.1, 0.15) is 11.6 Å². The highest BCUT2D eigenvalue weighted by atomic mass is 16.5. The van der Waals surface area contributed by atoms with E-state index in [0.29, 0.717) is 0 Å². The molecule has 84 valence electrons. The zero-order valence-electron chi connectivity index (χ0n) is 9.34. The number of fused-ring (bicyclic) bond motifs is 1. The molecular formula is C13H11N3O. The zero-order valence-corrected chi connectivity index (χ0v) is 9.34. The number of aromatic amines is 1. The van der Waals surface area contributed by atoms with E-state index >= 15 is 0 Å². The molecule has 0 fully saturated rings. The number of aromatic nitrogens is 3. The van der Waals surface area contributed by atoms with Gasteiger partial charge in [0.25, 0.3) is 0 Å². The second kappa shape index (κ2) is 3.90. The second-order valence-electron chi connectivity index (χ2n) is 3.71. The molecule has 0 aliphatic rings. The van der Waals surface area contributed by atoms with E-state index in [0.717, 1.165) is 28.2 Å². The Bertz CT molecular complexity index is 646. The molecule has 3 aromatic rings. The predicted molar refractivity (Wildman–Crippen MR) is 65.9 cm³/mol. The number of imidazole rings is 1. The van der Waals surface area contributed by atoms with Crippen molar-refractivity contribution in [1.29, 1.82) is 0 Å². The van der Waals surface area contributed by atoms with Gasteiger partial charge in [0.15, 0.2) is 0 Å². The Labute approximate surface area is 98.3 Å². The van der Waals surface area contributed by atoms with Crippen LogP contribution in [0.25, 0.3) is 22.4 Å². The van der Waals surface area contributed by atoms with Gasteiger partial charge in [0.05, 0.1) is 18.1 Å². The van der Waals surface area contributed by atoms with E-state index in [4.69, 9.17) is 4.74 Å². The maximum atomic E-state index is 5.18. The maximum absolute atomic E-state index is 5.18. The molecule has 0 atom stereocenters. The highest BCUT2D eigenvalue weighted by Gasteiger charge is 2.05. The van der Waals surface area contributed by atoms with Gasteiger partial charge in [0.2, 0.25) is 0 Å². The number of hydrogen-bond donors (Lipinski definition) is 1. The molecule has 1 N–H and O–H groups in total. The largest absolute Gasteiger partial charge is 0.497 e. The number of benzene rings is 1. The van der Waals surface area contributed by atoms with Crippen molar-refractivity contribution in [2.24, 2.45) is 0 Å². The van der Waals surface area contributed by atoms with Crippen LogP contribution < -0.4 is 4.74 Å². The van der Waals surface area contributed by atoms with Crippen LogP contribution in [-0.2, 0) is 0 Å². The Hall–Kier alpha value is -2.36. The Morgan fingerprint density at radius 3 is 2.94 bits per heavy atom. The minimum Gasteiger partial charge on any atom is -0.497 e. The molecule has 0 aliphatic carbocycles. The summed E-state index contributed by atoms with van der Waals surface area (Å²) in [6.07, 6.45) is 3.53. The first-order valence-corrected chi connectivity index (χ1v) is 5.31. The van der Waals surface area contributed by atoms with Gasteiger partial charge in [0, 0.05) is 24.0 Å². The average molecular weight is 225 g/mol. The molecule has 17 heavy (non-hydrogen) atoms. The van der Waals surface area contributed by atoms with Crippen LogP contribution in [0.2, 0.25) is 0 Å². The molecule has 4 heteroatoms. The molecule has 0 aliphatic heterocycles. The molecule has 0 spiro atoms. The first-order chi connectivity index (χ1) is 8.36. The maximum Gasteiger partial charge on any atom is 0.140 e. The lowest BCUT2D eigenvalue weighted by molar-refractivity contribution is 0.415. The van der Waals surface area contributed by atoms with Gasteiger partial charge in [-0.05, 0) is 24.3 Å². The summed E-state index contributed by atoms with van der Waals surface area (Å²) < 4.78 is 5.18. The molecule has 0 saturated heterocycles.